The van der Waals surface area contributed by atoms with E-state index in [-0.39, 0.29) is 34.3 Å². The summed E-state index contributed by atoms with van der Waals surface area (Å²) in [5.41, 5.74) is 2.39. The van der Waals surface area contributed by atoms with E-state index in [2.05, 4.69) is 17.2 Å². The first-order valence-corrected chi connectivity index (χ1v) is 15.5. The Kier molecular flexibility index (Phi) is 8.57. The largest absolute Gasteiger partial charge is 0.379 e. The highest BCUT2D eigenvalue weighted by Gasteiger charge is 2.28. The second-order valence-corrected chi connectivity index (χ2v) is 12.3. The van der Waals surface area contributed by atoms with Crippen molar-refractivity contribution in [3.63, 3.8) is 0 Å². The minimum Gasteiger partial charge on any atom is -0.379 e. The highest BCUT2D eigenvalue weighted by Crippen LogP contribution is 2.29. The molecule has 9 nitrogen and oxygen atoms in total. The van der Waals surface area contributed by atoms with Crippen LogP contribution in [0.1, 0.15) is 12.5 Å². The van der Waals surface area contributed by atoms with Crippen molar-refractivity contribution >= 4 is 55.9 Å². The Morgan fingerprint density at radius 1 is 1.07 bits per heavy atom. The topological polar surface area (TPSA) is 111 Å². The fourth-order valence-corrected chi connectivity index (χ4v) is 7.07. The van der Waals surface area contributed by atoms with E-state index in [0.717, 1.165) is 23.7 Å². The molecule has 3 aromatic carbocycles. The Labute approximate surface area is 241 Å². The van der Waals surface area contributed by atoms with Crippen LogP contribution in [0.5, 0.6) is 0 Å². The molecule has 1 aliphatic rings. The lowest BCUT2D eigenvalue weighted by Crippen LogP contribution is -2.40. The number of fused-ring (bicyclic) bond motifs is 1. The highest BCUT2D eigenvalue weighted by atomic mass is 35.5. The van der Waals surface area contributed by atoms with Crippen molar-refractivity contribution < 1.29 is 17.9 Å². The van der Waals surface area contributed by atoms with Crippen LogP contribution in [-0.4, -0.2) is 60.2 Å². The average Bonchev–Trinajstić information content (AvgIpc) is 2.97. The summed E-state index contributed by atoms with van der Waals surface area (Å²) in [5, 5.41) is 3.65. The molecule has 208 valence electrons. The molecule has 2 heterocycles. The summed E-state index contributed by atoms with van der Waals surface area (Å²) in [6.07, 6.45) is 0.868. The quantitative estimate of drug-likeness (QED) is 0.237. The monoisotopic (exact) mass is 598 g/mol. The van der Waals surface area contributed by atoms with E-state index in [0.29, 0.717) is 40.6 Å². The van der Waals surface area contributed by atoms with E-state index in [4.69, 9.17) is 16.3 Å². The van der Waals surface area contributed by atoms with Crippen molar-refractivity contribution in [1.82, 2.24) is 13.9 Å². The molecule has 0 spiro atoms. The van der Waals surface area contributed by atoms with E-state index < -0.39 is 15.9 Å². The van der Waals surface area contributed by atoms with Crippen molar-refractivity contribution in [3.8, 4) is 5.69 Å². The van der Waals surface area contributed by atoms with Gasteiger partial charge in [-0.3, -0.25) is 14.2 Å². The van der Waals surface area contributed by atoms with Crippen molar-refractivity contribution in [3.05, 3.63) is 87.7 Å². The van der Waals surface area contributed by atoms with Gasteiger partial charge in [0.1, 0.15) is 4.90 Å². The molecule has 40 heavy (non-hydrogen) atoms. The molecule has 0 atom stereocenters. The smallest absolute Gasteiger partial charge is 0.266 e. The number of hydrogen-bond acceptors (Lipinski definition) is 7. The maximum Gasteiger partial charge on any atom is 0.266 e. The van der Waals surface area contributed by atoms with Gasteiger partial charge >= 0.3 is 0 Å². The number of amides is 1. The van der Waals surface area contributed by atoms with E-state index in [1.54, 1.807) is 30.3 Å². The zero-order valence-electron chi connectivity index (χ0n) is 21.7. The number of nitrogens with one attached hydrogen (secondary N) is 1. The molecule has 1 aromatic heterocycles. The van der Waals surface area contributed by atoms with E-state index in [1.807, 2.05) is 24.3 Å². The number of aryl methyl sites for hydroxylation is 1. The molecule has 5 rings (SSSR count). The van der Waals surface area contributed by atoms with Gasteiger partial charge in [-0.2, -0.15) is 4.31 Å². The number of thioether (sulfide) groups is 1. The van der Waals surface area contributed by atoms with Crippen LogP contribution in [0.4, 0.5) is 5.69 Å². The predicted octanol–water partition coefficient (Wildman–Crippen LogP) is 4.35. The standard InChI is InChI=1S/C28H27ClN4O5S2/c1-2-19-7-10-21(11-8-19)33-27(35)22-5-3-4-6-24(22)31-28(33)39-18-26(34)30-20-9-12-23(29)25(17-20)40(36,37)32-13-15-38-16-14-32/h3-12,17H,2,13-16,18H2,1H3,(H,30,34). The number of sulfonamides is 1. The summed E-state index contributed by atoms with van der Waals surface area (Å²) in [4.78, 5) is 31.0. The molecule has 0 saturated carbocycles. The first-order chi connectivity index (χ1) is 19.3. The summed E-state index contributed by atoms with van der Waals surface area (Å²) >= 11 is 7.36. The molecular formula is C28H27ClN4O5S2. The third-order valence-electron chi connectivity index (χ3n) is 6.48. The van der Waals surface area contributed by atoms with Crippen LogP contribution in [0.15, 0.2) is 81.6 Å². The van der Waals surface area contributed by atoms with Gasteiger partial charge < -0.3 is 10.1 Å². The number of aromatic nitrogens is 2. The lowest BCUT2D eigenvalue weighted by atomic mass is 10.1. The van der Waals surface area contributed by atoms with Gasteiger partial charge in [0.25, 0.3) is 5.56 Å². The number of anilines is 1. The molecule has 0 bridgehead atoms. The Hall–Kier alpha value is -3.22. The number of ether oxygens (including phenoxy) is 1. The molecule has 1 aliphatic heterocycles. The van der Waals surface area contributed by atoms with Crippen LogP contribution in [0.3, 0.4) is 0 Å². The first-order valence-electron chi connectivity index (χ1n) is 12.7. The lowest BCUT2D eigenvalue weighted by molar-refractivity contribution is -0.113. The number of rotatable bonds is 8. The van der Waals surface area contributed by atoms with Gasteiger partial charge in [0, 0.05) is 18.8 Å². The Morgan fingerprint density at radius 2 is 1.80 bits per heavy atom. The van der Waals surface area contributed by atoms with Gasteiger partial charge in [0.05, 0.1) is 40.6 Å². The number of morpholine rings is 1. The van der Waals surface area contributed by atoms with Crippen molar-refractivity contribution in [2.24, 2.45) is 0 Å². The van der Waals surface area contributed by atoms with Gasteiger partial charge in [-0.25, -0.2) is 13.4 Å². The number of nitrogens with zero attached hydrogens (tertiary/aromatic N) is 3. The second kappa shape index (κ2) is 12.1. The maximum absolute atomic E-state index is 13.5. The number of para-hydroxylation sites is 1. The van der Waals surface area contributed by atoms with Gasteiger partial charge in [-0.15, -0.1) is 0 Å². The normalized spacial score (nSPS) is 14.3. The van der Waals surface area contributed by atoms with Gasteiger partial charge in [0.2, 0.25) is 15.9 Å². The molecule has 1 N–H and O–H groups in total. The number of halogens is 1. The zero-order chi connectivity index (χ0) is 28.3. The van der Waals surface area contributed by atoms with E-state index in [9.17, 15) is 18.0 Å². The van der Waals surface area contributed by atoms with Crippen LogP contribution in [0.25, 0.3) is 16.6 Å². The summed E-state index contributed by atoms with van der Waals surface area (Å²) in [5.74, 6) is -0.455. The molecule has 4 aromatic rings. The number of carbonyl (C=O) groups is 1. The van der Waals surface area contributed by atoms with Gasteiger partial charge in [-0.05, 0) is 54.4 Å². The molecule has 1 saturated heterocycles. The van der Waals surface area contributed by atoms with Crippen LogP contribution in [0, 0.1) is 0 Å². The first kappa shape index (κ1) is 28.3. The fourth-order valence-electron chi connectivity index (χ4n) is 4.35. The van der Waals surface area contributed by atoms with Gasteiger partial charge in [-0.1, -0.05) is 54.6 Å². The minimum atomic E-state index is -3.86. The Morgan fingerprint density at radius 3 is 2.52 bits per heavy atom. The van der Waals surface area contributed by atoms with Crippen molar-refractivity contribution in [1.29, 1.82) is 0 Å². The zero-order valence-corrected chi connectivity index (χ0v) is 24.1. The maximum atomic E-state index is 13.5. The second-order valence-electron chi connectivity index (χ2n) is 9.07. The number of hydrogen-bond donors (Lipinski definition) is 1. The fraction of sp³-hybridized carbons (Fsp3) is 0.250. The summed E-state index contributed by atoms with van der Waals surface area (Å²) in [6, 6.07) is 19.1. The molecule has 0 unspecified atom stereocenters. The highest BCUT2D eigenvalue weighted by molar-refractivity contribution is 7.99. The summed E-state index contributed by atoms with van der Waals surface area (Å²) < 4.78 is 34.4. The Bertz CT molecular complexity index is 1720. The third kappa shape index (κ3) is 5.93. The number of benzene rings is 3. The van der Waals surface area contributed by atoms with Gasteiger partial charge in [0.15, 0.2) is 5.16 Å². The summed E-state index contributed by atoms with van der Waals surface area (Å²) in [7, 11) is -3.86. The van der Waals surface area contributed by atoms with E-state index >= 15 is 0 Å². The molecule has 1 fully saturated rings. The molecule has 1 amide bonds. The van der Waals surface area contributed by atoms with Crippen LogP contribution in [0.2, 0.25) is 5.02 Å². The molecule has 0 aliphatic carbocycles. The SMILES string of the molecule is CCc1ccc(-n2c(SCC(=O)Nc3ccc(Cl)c(S(=O)(=O)N4CCOCC4)c3)nc3ccccc3c2=O)cc1. The van der Waals surface area contributed by atoms with Crippen LogP contribution < -0.4 is 10.9 Å². The van der Waals surface area contributed by atoms with Crippen LogP contribution >= 0.6 is 23.4 Å². The molecular weight excluding hydrogens is 572 g/mol. The lowest BCUT2D eigenvalue weighted by Gasteiger charge is -2.26. The third-order valence-corrected chi connectivity index (χ3v) is 9.80. The van der Waals surface area contributed by atoms with E-state index in [1.165, 1.54) is 21.0 Å². The Balaban J connectivity index is 1.39. The van der Waals surface area contributed by atoms with Crippen molar-refractivity contribution in [2.45, 2.75) is 23.4 Å². The molecule has 0 radical (unpaired) electrons. The summed E-state index contributed by atoms with van der Waals surface area (Å²) in [6.45, 7) is 3.13. The van der Waals surface area contributed by atoms with Crippen molar-refractivity contribution in [2.75, 3.05) is 37.4 Å². The average molecular weight is 599 g/mol. The minimum absolute atomic E-state index is 0.0635. The number of carbonyl (C=O) groups excluding carboxylic acids is 1. The molecule has 12 heteroatoms. The van der Waals surface area contributed by atoms with Crippen LogP contribution in [-0.2, 0) is 26.0 Å². The predicted molar refractivity (Wildman–Crippen MR) is 157 cm³/mol.